The highest BCUT2D eigenvalue weighted by Crippen LogP contribution is 2.26. The molecule has 0 saturated carbocycles. The molecule has 0 N–H and O–H groups in total. The van der Waals surface area contributed by atoms with Crippen LogP contribution in [0.3, 0.4) is 0 Å². The maximum atomic E-state index is 13.1. The molecule has 0 aliphatic carbocycles. The molecule has 1 aliphatic heterocycles. The van der Waals surface area contributed by atoms with Crippen LogP contribution < -0.4 is 9.64 Å². The number of rotatable bonds is 6. The Morgan fingerprint density at radius 1 is 1.00 bits per heavy atom. The number of carbonyl (C=O) groups is 1. The van der Waals surface area contributed by atoms with Gasteiger partial charge in [-0.3, -0.25) is 4.79 Å². The average Bonchev–Trinajstić information content (AvgIpc) is 3.32. The van der Waals surface area contributed by atoms with E-state index in [4.69, 9.17) is 16.3 Å². The topological polar surface area (TPSA) is 58.6 Å². The van der Waals surface area contributed by atoms with Crippen LogP contribution >= 0.6 is 23.1 Å². The highest BCUT2D eigenvalue weighted by Gasteiger charge is 2.23. The Hall–Kier alpha value is -3.49. The molecule has 3 aromatic carbocycles. The van der Waals surface area contributed by atoms with Crippen LogP contribution in [-0.2, 0) is 6.42 Å². The molecule has 1 fully saturated rings. The van der Waals surface area contributed by atoms with Gasteiger partial charge in [0, 0.05) is 60.4 Å². The van der Waals surface area contributed by atoms with E-state index in [2.05, 4.69) is 14.3 Å². The van der Waals surface area contributed by atoms with Crippen molar-refractivity contribution in [3.05, 3.63) is 101 Å². The second-order valence-electron chi connectivity index (χ2n) is 8.17. The van der Waals surface area contributed by atoms with E-state index in [1.807, 2.05) is 29.2 Å². The van der Waals surface area contributed by atoms with E-state index < -0.39 is 0 Å². The molecule has 2 heterocycles. The highest BCUT2D eigenvalue weighted by molar-refractivity contribution is 7.07. The van der Waals surface area contributed by atoms with Crippen LogP contribution in [0.4, 0.5) is 10.1 Å². The largest absolute Gasteiger partial charge is 0.430 e. The van der Waals surface area contributed by atoms with E-state index in [-0.39, 0.29) is 11.7 Å². The van der Waals surface area contributed by atoms with Crippen molar-refractivity contribution in [2.45, 2.75) is 6.42 Å². The zero-order valence-corrected chi connectivity index (χ0v) is 20.3. The third-order valence-corrected chi connectivity index (χ3v) is 6.62. The lowest BCUT2D eigenvalue weighted by molar-refractivity contribution is 0.0746. The Labute approximate surface area is 211 Å². The SMILES string of the molecule is O=C(c1cccc(Oc2nc(Cc3ccc(F)cc3)ns2)c1)N1CCN(c2cccc(Cl)c2)CC1. The average molecular weight is 509 g/mol. The fourth-order valence-corrected chi connectivity index (χ4v) is 4.71. The molecule has 178 valence electrons. The molecule has 0 spiro atoms. The molecule has 1 aromatic heterocycles. The van der Waals surface area contributed by atoms with Gasteiger partial charge in [-0.15, -0.1) is 0 Å². The Morgan fingerprint density at radius 2 is 1.77 bits per heavy atom. The third kappa shape index (κ3) is 5.78. The summed E-state index contributed by atoms with van der Waals surface area (Å²) in [6.45, 7) is 2.73. The van der Waals surface area contributed by atoms with Gasteiger partial charge >= 0.3 is 0 Å². The zero-order valence-electron chi connectivity index (χ0n) is 18.7. The predicted octanol–water partition coefficient (Wildman–Crippen LogP) is 5.68. The highest BCUT2D eigenvalue weighted by atomic mass is 35.5. The van der Waals surface area contributed by atoms with E-state index >= 15 is 0 Å². The van der Waals surface area contributed by atoms with Gasteiger partial charge in [0.1, 0.15) is 11.6 Å². The molecule has 1 amide bonds. The molecular formula is C26H22ClFN4O2S. The molecule has 1 aliphatic rings. The molecule has 35 heavy (non-hydrogen) atoms. The molecule has 4 aromatic rings. The summed E-state index contributed by atoms with van der Waals surface area (Å²) in [6.07, 6.45) is 0.486. The van der Waals surface area contributed by atoms with Gasteiger partial charge in [-0.25, -0.2) is 4.39 Å². The number of piperazine rings is 1. The lowest BCUT2D eigenvalue weighted by Crippen LogP contribution is -2.48. The molecule has 9 heteroatoms. The number of hydrogen-bond donors (Lipinski definition) is 0. The summed E-state index contributed by atoms with van der Waals surface area (Å²) in [6, 6.07) is 21.1. The summed E-state index contributed by atoms with van der Waals surface area (Å²) in [5.41, 5.74) is 2.55. The summed E-state index contributed by atoms with van der Waals surface area (Å²) < 4.78 is 23.3. The van der Waals surface area contributed by atoms with Gasteiger partial charge in [0.05, 0.1) is 0 Å². The molecule has 5 rings (SSSR count). The first kappa shape index (κ1) is 23.3. The van der Waals surface area contributed by atoms with E-state index in [9.17, 15) is 9.18 Å². The van der Waals surface area contributed by atoms with Crippen LogP contribution in [0.5, 0.6) is 10.9 Å². The molecule has 0 bridgehead atoms. The minimum atomic E-state index is -0.276. The van der Waals surface area contributed by atoms with E-state index in [0.717, 1.165) is 35.9 Å². The molecule has 0 unspecified atom stereocenters. The van der Waals surface area contributed by atoms with Crippen LogP contribution in [0.2, 0.25) is 5.02 Å². The van der Waals surface area contributed by atoms with Crippen molar-refractivity contribution in [1.82, 2.24) is 14.3 Å². The number of amides is 1. The van der Waals surface area contributed by atoms with Crippen LogP contribution in [0.15, 0.2) is 72.8 Å². The fourth-order valence-electron chi connectivity index (χ4n) is 3.95. The van der Waals surface area contributed by atoms with Crippen molar-refractivity contribution in [3.8, 4) is 10.9 Å². The van der Waals surface area contributed by atoms with E-state index in [1.165, 1.54) is 12.1 Å². The van der Waals surface area contributed by atoms with Crippen molar-refractivity contribution in [2.24, 2.45) is 0 Å². The van der Waals surface area contributed by atoms with Gasteiger partial charge in [0.25, 0.3) is 11.1 Å². The number of benzene rings is 3. The maximum absolute atomic E-state index is 13.1. The monoisotopic (exact) mass is 508 g/mol. The smallest absolute Gasteiger partial charge is 0.298 e. The van der Waals surface area contributed by atoms with E-state index in [0.29, 0.717) is 46.9 Å². The first-order chi connectivity index (χ1) is 17.0. The van der Waals surface area contributed by atoms with Crippen LogP contribution in [0.25, 0.3) is 0 Å². The summed E-state index contributed by atoms with van der Waals surface area (Å²) in [7, 11) is 0. The normalized spacial score (nSPS) is 13.7. The number of aromatic nitrogens is 2. The minimum absolute atomic E-state index is 0.0320. The van der Waals surface area contributed by atoms with Gasteiger partial charge in [-0.1, -0.05) is 35.9 Å². The number of nitrogens with zero attached hydrogens (tertiary/aromatic N) is 4. The summed E-state index contributed by atoms with van der Waals surface area (Å²) in [4.78, 5) is 21.6. The molecule has 6 nitrogen and oxygen atoms in total. The fraction of sp³-hybridized carbons (Fsp3) is 0.192. The predicted molar refractivity (Wildman–Crippen MR) is 135 cm³/mol. The number of halogens is 2. The molecule has 0 radical (unpaired) electrons. The van der Waals surface area contributed by atoms with Crippen LogP contribution in [-0.4, -0.2) is 46.3 Å². The van der Waals surface area contributed by atoms with Gasteiger partial charge in [-0.2, -0.15) is 9.36 Å². The van der Waals surface area contributed by atoms with Gasteiger partial charge in [0.2, 0.25) is 0 Å². The summed E-state index contributed by atoms with van der Waals surface area (Å²) >= 11 is 7.26. The second-order valence-corrected chi connectivity index (χ2v) is 9.32. The lowest BCUT2D eigenvalue weighted by Gasteiger charge is -2.36. The Balaban J connectivity index is 1.20. The van der Waals surface area contributed by atoms with Crippen molar-refractivity contribution in [1.29, 1.82) is 0 Å². The summed E-state index contributed by atoms with van der Waals surface area (Å²) in [5.74, 6) is 0.816. The van der Waals surface area contributed by atoms with Crippen molar-refractivity contribution >= 4 is 34.7 Å². The van der Waals surface area contributed by atoms with Gasteiger partial charge < -0.3 is 14.5 Å². The lowest BCUT2D eigenvalue weighted by atomic mass is 10.1. The minimum Gasteiger partial charge on any atom is -0.430 e. The number of hydrogen-bond acceptors (Lipinski definition) is 6. The van der Waals surface area contributed by atoms with Gasteiger partial charge in [-0.05, 0) is 54.1 Å². The molecule has 0 atom stereocenters. The Bertz CT molecular complexity index is 1320. The Morgan fingerprint density at radius 3 is 2.54 bits per heavy atom. The van der Waals surface area contributed by atoms with E-state index in [1.54, 1.807) is 36.4 Å². The number of anilines is 1. The summed E-state index contributed by atoms with van der Waals surface area (Å²) in [5, 5.41) is 1.10. The first-order valence-corrected chi connectivity index (χ1v) is 12.3. The Kier molecular flexibility index (Phi) is 6.92. The zero-order chi connectivity index (χ0) is 24.2. The quantitative estimate of drug-likeness (QED) is 0.335. The first-order valence-electron chi connectivity index (χ1n) is 11.2. The van der Waals surface area contributed by atoms with Crippen LogP contribution in [0.1, 0.15) is 21.7 Å². The van der Waals surface area contributed by atoms with Crippen molar-refractivity contribution < 1.29 is 13.9 Å². The number of carbonyl (C=O) groups excluding carboxylic acids is 1. The van der Waals surface area contributed by atoms with Crippen molar-refractivity contribution in [3.63, 3.8) is 0 Å². The standard InChI is InChI=1S/C26H22ClFN4O2S/c27-20-4-2-5-22(17-20)31-11-13-32(14-12-31)25(33)19-3-1-6-23(16-19)34-26-29-24(30-35-26)15-18-7-9-21(28)10-8-18/h1-10,16-17H,11-15H2. The van der Waals surface area contributed by atoms with Crippen LogP contribution in [0, 0.1) is 5.82 Å². The third-order valence-electron chi connectivity index (χ3n) is 5.75. The maximum Gasteiger partial charge on any atom is 0.298 e. The van der Waals surface area contributed by atoms with Crippen molar-refractivity contribution in [2.75, 3.05) is 31.1 Å². The molecule has 1 saturated heterocycles. The number of ether oxygens (including phenoxy) is 1. The second kappa shape index (κ2) is 10.4. The van der Waals surface area contributed by atoms with Gasteiger partial charge in [0.15, 0.2) is 5.82 Å². The molecular weight excluding hydrogens is 487 g/mol.